The van der Waals surface area contributed by atoms with E-state index in [1.807, 2.05) is 48.7 Å². The van der Waals surface area contributed by atoms with Gasteiger partial charge < -0.3 is 19.9 Å². The third-order valence-electron chi connectivity index (χ3n) is 2.85. The van der Waals surface area contributed by atoms with Gasteiger partial charge in [-0.1, -0.05) is 18.2 Å². The molecule has 0 aliphatic carbocycles. The Morgan fingerprint density at radius 2 is 2.10 bits per heavy atom. The van der Waals surface area contributed by atoms with E-state index in [1.165, 1.54) is 0 Å². The molecule has 5 heteroatoms. The summed E-state index contributed by atoms with van der Waals surface area (Å²) in [5.74, 6) is 0.798. The fraction of sp³-hybridized carbons (Fsp3) is 0.375. The van der Waals surface area contributed by atoms with Crippen LogP contribution in [0.4, 0.5) is 5.69 Å². The molecule has 0 aliphatic heterocycles. The molecule has 114 valence electrons. The zero-order chi connectivity index (χ0) is 14.9. The average Bonchev–Trinajstić information content (AvgIpc) is 3.00. The highest BCUT2D eigenvalue weighted by Crippen LogP contribution is 2.23. The predicted molar refractivity (Wildman–Crippen MR) is 86.1 cm³/mol. The number of hydrogen-bond acceptors (Lipinski definition) is 5. The summed E-state index contributed by atoms with van der Waals surface area (Å²) in [6, 6.07) is 11.7. The van der Waals surface area contributed by atoms with Gasteiger partial charge in [-0.15, -0.1) is 11.3 Å². The number of rotatable bonds is 9. The molecule has 0 spiro atoms. The molecule has 1 aromatic carbocycles. The van der Waals surface area contributed by atoms with E-state index in [9.17, 15) is 5.11 Å². The molecule has 0 saturated heterocycles. The number of aliphatic hydroxyl groups excluding tert-OH is 1. The lowest BCUT2D eigenvalue weighted by Crippen LogP contribution is -2.24. The summed E-state index contributed by atoms with van der Waals surface area (Å²) < 4.78 is 11.0. The smallest absolute Gasteiger partial charge is 0.142 e. The SMILES string of the molecule is CCOc1ccccc1NCC(O)COCc1cccs1. The Kier molecular flexibility index (Phi) is 6.53. The van der Waals surface area contributed by atoms with Crippen LogP contribution >= 0.6 is 11.3 Å². The fourth-order valence-corrected chi connectivity index (χ4v) is 2.51. The predicted octanol–water partition coefficient (Wildman–Crippen LogP) is 3.14. The van der Waals surface area contributed by atoms with E-state index in [-0.39, 0.29) is 0 Å². The number of aliphatic hydroxyl groups is 1. The molecular formula is C16H21NO3S. The minimum absolute atomic E-state index is 0.307. The molecule has 1 aromatic heterocycles. The zero-order valence-electron chi connectivity index (χ0n) is 12.1. The maximum Gasteiger partial charge on any atom is 0.142 e. The van der Waals surface area contributed by atoms with Crippen molar-refractivity contribution < 1.29 is 14.6 Å². The molecular weight excluding hydrogens is 286 g/mol. The van der Waals surface area contributed by atoms with Gasteiger partial charge in [0.1, 0.15) is 5.75 Å². The third-order valence-corrected chi connectivity index (χ3v) is 3.70. The van der Waals surface area contributed by atoms with Crippen molar-refractivity contribution >= 4 is 17.0 Å². The normalized spacial score (nSPS) is 12.1. The summed E-state index contributed by atoms with van der Waals surface area (Å²) in [6.07, 6.45) is -0.556. The van der Waals surface area contributed by atoms with Gasteiger partial charge in [-0.05, 0) is 30.5 Å². The van der Waals surface area contributed by atoms with E-state index < -0.39 is 6.10 Å². The molecule has 21 heavy (non-hydrogen) atoms. The van der Waals surface area contributed by atoms with Gasteiger partial charge in [-0.3, -0.25) is 0 Å². The van der Waals surface area contributed by atoms with Gasteiger partial charge in [0.25, 0.3) is 0 Å². The second-order valence-corrected chi connectivity index (χ2v) is 5.59. The first-order valence-corrected chi connectivity index (χ1v) is 7.91. The standard InChI is InChI=1S/C16H21NO3S/c1-2-20-16-8-4-3-7-15(16)17-10-13(18)11-19-12-14-6-5-9-21-14/h3-9,13,17-18H,2,10-12H2,1H3. The Hall–Kier alpha value is -1.56. The fourth-order valence-electron chi connectivity index (χ4n) is 1.87. The molecule has 0 fully saturated rings. The van der Waals surface area contributed by atoms with Crippen molar-refractivity contribution in [1.82, 2.24) is 0 Å². The maximum atomic E-state index is 9.93. The molecule has 1 atom stereocenters. The van der Waals surface area contributed by atoms with Crippen LogP contribution in [0.3, 0.4) is 0 Å². The first kappa shape index (κ1) is 15.8. The first-order chi connectivity index (χ1) is 10.3. The zero-order valence-corrected chi connectivity index (χ0v) is 12.9. The maximum absolute atomic E-state index is 9.93. The van der Waals surface area contributed by atoms with E-state index in [4.69, 9.17) is 9.47 Å². The Labute approximate surface area is 129 Å². The van der Waals surface area contributed by atoms with Crippen LogP contribution in [-0.2, 0) is 11.3 Å². The van der Waals surface area contributed by atoms with Crippen LogP contribution in [0, 0.1) is 0 Å². The van der Waals surface area contributed by atoms with Crippen molar-refractivity contribution in [2.75, 3.05) is 25.1 Å². The second kappa shape index (κ2) is 8.67. The van der Waals surface area contributed by atoms with Crippen LogP contribution in [0.25, 0.3) is 0 Å². The molecule has 1 heterocycles. The van der Waals surface area contributed by atoms with E-state index in [0.717, 1.165) is 16.3 Å². The van der Waals surface area contributed by atoms with E-state index in [2.05, 4.69) is 5.32 Å². The van der Waals surface area contributed by atoms with Crippen LogP contribution in [0.1, 0.15) is 11.8 Å². The van der Waals surface area contributed by atoms with Crippen LogP contribution in [0.15, 0.2) is 41.8 Å². The lowest BCUT2D eigenvalue weighted by atomic mass is 10.2. The molecule has 0 saturated carbocycles. The molecule has 0 aliphatic rings. The first-order valence-electron chi connectivity index (χ1n) is 7.03. The summed E-state index contributed by atoms with van der Waals surface area (Å²) in [5, 5.41) is 15.1. The Bertz CT molecular complexity index is 516. The lowest BCUT2D eigenvalue weighted by molar-refractivity contribution is 0.0358. The van der Waals surface area contributed by atoms with E-state index >= 15 is 0 Å². The number of thiophene rings is 1. The van der Waals surface area contributed by atoms with Crippen molar-refractivity contribution in [3.05, 3.63) is 46.7 Å². The van der Waals surface area contributed by atoms with Gasteiger partial charge >= 0.3 is 0 Å². The van der Waals surface area contributed by atoms with Crippen LogP contribution in [-0.4, -0.2) is 31.0 Å². The Balaban J connectivity index is 1.72. The second-order valence-electron chi connectivity index (χ2n) is 4.56. The Morgan fingerprint density at radius 1 is 1.24 bits per heavy atom. The van der Waals surface area contributed by atoms with Gasteiger partial charge in [-0.2, -0.15) is 0 Å². The van der Waals surface area contributed by atoms with Gasteiger partial charge in [0, 0.05) is 11.4 Å². The number of ether oxygens (including phenoxy) is 2. The number of benzene rings is 1. The number of para-hydroxylation sites is 2. The summed E-state index contributed by atoms with van der Waals surface area (Å²) in [4.78, 5) is 1.16. The number of anilines is 1. The van der Waals surface area contributed by atoms with Crippen LogP contribution < -0.4 is 10.1 Å². The summed E-state index contributed by atoms with van der Waals surface area (Å²) >= 11 is 1.65. The molecule has 0 amide bonds. The highest BCUT2D eigenvalue weighted by Gasteiger charge is 2.07. The molecule has 2 aromatic rings. The minimum Gasteiger partial charge on any atom is -0.492 e. The van der Waals surface area contributed by atoms with Gasteiger partial charge in [0.2, 0.25) is 0 Å². The minimum atomic E-state index is -0.556. The van der Waals surface area contributed by atoms with Gasteiger partial charge in [0.15, 0.2) is 0 Å². The monoisotopic (exact) mass is 307 g/mol. The van der Waals surface area contributed by atoms with Crippen molar-refractivity contribution in [1.29, 1.82) is 0 Å². The van der Waals surface area contributed by atoms with Crippen LogP contribution in [0.2, 0.25) is 0 Å². The van der Waals surface area contributed by atoms with Crippen LogP contribution in [0.5, 0.6) is 5.75 Å². The van der Waals surface area contributed by atoms with E-state index in [0.29, 0.717) is 26.4 Å². The van der Waals surface area contributed by atoms with Crippen molar-refractivity contribution in [2.45, 2.75) is 19.6 Å². The van der Waals surface area contributed by atoms with Gasteiger partial charge in [0.05, 0.1) is 31.6 Å². The highest BCUT2D eigenvalue weighted by molar-refractivity contribution is 7.09. The molecule has 2 N–H and O–H groups in total. The average molecular weight is 307 g/mol. The van der Waals surface area contributed by atoms with E-state index in [1.54, 1.807) is 11.3 Å². The van der Waals surface area contributed by atoms with Crippen molar-refractivity contribution in [2.24, 2.45) is 0 Å². The molecule has 0 bridgehead atoms. The Morgan fingerprint density at radius 3 is 2.86 bits per heavy atom. The third kappa shape index (κ3) is 5.38. The number of hydrogen-bond donors (Lipinski definition) is 2. The quantitative estimate of drug-likeness (QED) is 0.747. The summed E-state index contributed by atoms with van der Waals surface area (Å²) in [7, 11) is 0. The van der Waals surface area contributed by atoms with Crippen molar-refractivity contribution in [3.63, 3.8) is 0 Å². The largest absolute Gasteiger partial charge is 0.492 e. The molecule has 2 rings (SSSR count). The summed E-state index contributed by atoms with van der Waals surface area (Å²) in [5.41, 5.74) is 0.886. The highest BCUT2D eigenvalue weighted by atomic mass is 32.1. The molecule has 0 radical (unpaired) electrons. The molecule has 4 nitrogen and oxygen atoms in total. The summed E-state index contributed by atoms with van der Waals surface area (Å²) in [6.45, 7) is 3.84. The van der Waals surface area contributed by atoms with Gasteiger partial charge in [-0.25, -0.2) is 0 Å². The lowest BCUT2D eigenvalue weighted by Gasteiger charge is -2.15. The topological polar surface area (TPSA) is 50.7 Å². The molecule has 1 unspecified atom stereocenters. The number of nitrogens with one attached hydrogen (secondary N) is 1. The van der Waals surface area contributed by atoms with Crippen molar-refractivity contribution in [3.8, 4) is 5.75 Å².